The second-order valence-corrected chi connectivity index (χ2v) is 8.58. The van der Waals surface area contributed by atoms with Crippen LogP contribution in [-0.4, -0.2) is 36.0 Å². The molecule has 0 saturated carbocycles. The van der Waals surface area contributed by atoms with Gasteiger partial charge in [0.2, 0.25) is 10.0 Å². The highest BCUT2D eigenvalue weighted by molar-refractivity contribution is 7.89. The summed E-state index contributed by atoms with van der Waals surface area (Å²) in [6, 6.07) is 9.39. The predicted octanol–water partition coefficient (Wildman–Crippen LogP) is 3.44. The number of nitriles is 1. The van der Waals surface area contributed by atoms with Gasteiger partial charge in [-0.3, -0.25) is 5.10 Å². The van der Waals surface area contributed by atoms with E-state index in [9.17, 15) is 13.7 Å². The fourth-order valence-electron chi connectivity index (χ4n) is 3.26. The van der Waals surface area contributed by atoms with Crippen molar-refractivity contribution < 1.29 is 8.42 Å². The van der Waals surface area contributed by atoms with E-state index < -0.39 is 10.0 Å². The van der Waals surface area contributed by atoms with Crippen molar-refractivity contribution in [1.82, 2.24) is 14.5 Å². The second kappa shape index (κ2) is 7.23. The van der Waals surface area contributed by atoms with Gasteiger partial charge in [-0.2, -0.15) is 14.7 Å². The van der Waals surface area contributed by atoms with Gasteiger partial charge in [0.1, 0.15) is 4.90 Å². The van der Waals surface area contributed by atoms with Crippen LogP contribution in [0.25, 0.3) is 5.57 Å². The minimum Gasteiger partial charge on any atom is -0.281 e. The maximum Gasteiger partial charge on any atom is 0.246 e. The first-order valence-electron chi connectivity index (χ1n) is 8.24. The minimum atomic E-state index is -3.59. The van der Waals surface area contributed by atoms with E-state index in [2.05, 4.69) is 16.3 Å². The smallest absolute Gasteiger partial charge is 0.246 e. The molecule has 2 aromatic rings. The number of aromatic amines is 1. The summed E-state index contributed by atoms with van der Waals surface area (Å²) in [6.07, 6.45) is 1.06. The van der Waals surface area contributed by atoms with Gasteiger partial charge in [0.05, 0.1) is 23.0 Å². The molecule has 1 aromatic heterocycles. The highest BCUT2D eigenvalue weighted by atomic mass is 35.5. The molecule has 8 heteroatoms. The number of aryl methyl sites for hydroxylation is 2. The van der Waals surface area contributed by atoms with Gasteiger partial charge in [-0.1, -0.05) is 23.7 Å². The summed E-state index contributed by atoms with van der Waals surface area (Å²) in [5.74, 6) is 0. The molecule has 0 aliphatic carbocycles. The second-order valence-electron chi connectivity index (χ2n) is 6.26. The van der Waals surface area contributed by atoms with E-state index in [1.54, 1.807) is 26.0 Å². The molecule has 1 aliphatic rings. The summed E-state index contributed by atoms with van der Waals surface area (Å²) in [5.41, 5.74) is 3.41. The normalized spacial score (nSPS) is 15.7. The van der Waals surface area contributed by atoms with E-state index >= 15 is 0 Å². The molecular weight excluding hydrogens is 372 g/mol. The third-order valence-electron chi connectivity index (χ3n) is 4.58. The van der Waals surface area contributed by atoms with Crippen molar-refractivity contribution >= 4 is 27.2 Å². The Kier molecular flexibility index (Phi) is 5.19. The van der Waals surface area contributed by atoms with E-state index in [4.69, 9.17) is 11.6 Å². The van der Waals surface area contributed by atoms with Crippen LogP contribution in [0.4, 0.5) is 0 Å². The fourth-order valence-corrected chi connectivity index (χ4v) is 5.16. The molecule has 6 nitrogen and oxygen atoms in total. The van der Waals surface area contributed by atoms with Crippen molar-refractivity contribution in [1.29, 1.82) is 5.26 Å². The van der Waals surface area contributed by atoms with E-state index in [-0.39, 0.29) is 4.90 Å². The number of hydrogen-bond acceptors (Lipinski definition) is 4. The van der Waals surface area contributed by atoms with E-state index in [0.29, 0.717) is 47.9 Å². The first kappa shape index (κ1) is 18.6. The van der Waals surface area contributed by atoms with Gasteiger partial charge in [-0.05, 0) is 50.0 Å². The van der Waals surface area contributed by atoms with Crippen LogP contribution in [0.2, 0.25) is 5.02 Å². The van der Waals surface area contributed by atoms with Gasteiger partial charge in [-0.25, -0.2) is 8.42 Å². The molecule has 2 heterocycles. The fraction of sp³-hybridized carbons (Fsp3) is 0.333. The quantitative estimate of drug-likeness (QED) is 0.813. The van der Waals surface area contributed by atoms with Crippen LogP contribution in [0.1, 0.15) is 29.8 Å². The third-order valence-corrected chi connectivity index (χ3v) is 7.00. The molecule has 0 unspecified atom stereocenters. The molecule has 3 rings (SSSR count). The van der Waals surface area contributed by atoms with Crippen LogP contribution >= 0.6 is 11.6 Å². The lowest BCUT2D eigenvalue weighted by molar-refractivity contribution is 0.387. The zero-order valence-corrected chi connectivity index (χ0v) is 16.2. The van der Waals surface area contributed by atoms with Gasteiger partial charge in [0, 0.05) is 18.1 Å². The summed E-state index contributed by atoms with van der Waals surface area (Å²) in [6.45, 7) is 4.08. The predicted molar refractivity (Wildman–Crippen MR) is 100 cm³/mol. The highest BCUT2D eigenvalue weighted by Crippen LogP contribution is 2.30. The molecule has 0 atom stereocenters. The molecule has 1 N–H and O–H groups in total. The Morgan fingerprint density at radius 2 is 1.85 bits per heavy atom. The van der Waals surface area contributed by atoms with Gasteiger partial charge < -0.3 is 0 Å². The number of benzene rings is 1. The Labute approximate surface area is 158 Å². The Morgan fingerprint density at radius 3 is 2.35 bits per heavy atom. The number of nitrogens with one attached hydrogen (secondary N) is 1. The largest absolute Gasteiger partial charge is 0.281 e. The van der Waals surface area contributed by atoms with E-state index in [0.717, 1.165) is 11.1 Å². The monoisotopic (exact) mass is 390 g/mol. The average molecular weight is 391 g/mol. The lowest BCUT2D eigenvalue weighted by Gasteiger charge is -2.28. The number of sulfonamides is 1. The number of H-pyrrole nitrogens is 1. The molecule has 136 valence electrons. The van der Waals surface area contributed by atoms with Crippen molar-refractivity contribution in [2.45, 2.75) is 31.6 Å². The SMILES string of the molecule is Cc1n[nH]c(C)c1S(=O)(=O)N1CCC(=C(C#N)c2ccc(Cl)cc2)CC1. The van der Waals surface area contributed by atoms with Crippen molar-refractivity contribution in [2.24, 2.45) is 0 Å². The number of allylic oxidation sites excluding steroid dienone is 1. The Balaban J connectivity index is 1.84. The van der Waals surface area contributed by atoms with Gasteiger partial charge in [0.25, 0.3) is 0 Å². The number of aromatic nitrogens is 2. The lowest BCUT2D eigenvalue weighted by atomic mass is 9.95. The summed E-state index contributed by atoms with van der Waals surface area (Å²) >= 11 is 5.91. The molecule has 1 aliphatic heterocycles. The Hall–Kier alpha value is -2.14. The molecule has 1 fully saturated rings. The average Bonchev–Trinajstić information content (AvgIpc) is 2.97. The lowest BCUT2D eigenvalue weighted by Crippen LogP contribution is -2.37. The summed E-state index contributed by atoms with van der Waals surface area (Å²) < 4.78 is 27.3. The number of halogens is 1. The molecule has 0 amide bonds. The molecule has 1 saturated heterocycles. The van der Waals surface area contributed by atoms with Crippen molar-refractivity contribution in [2.75, 3.05) is 13.1 Å². The first-order valence-corrected chi connectivity index (χ1v) is 10.1. The zero-order valence-electron chi connectivity index (χ0n) is 14.6. The summed E-state index contributed by atoms with van der Waals surface area (Å²) in [5, 5.41) is 16.9. The Morgan fingerprint density at radius 1 is 1.23 bits per heavy atom. The zero-order chi connectivity index (χ0) is 18.9. The molecule has 0 radical (unpaired) electrons. The molecule has 0 spiro atoms. The Bertz CT molecular complexity index is 971. The first-order chi connectivity index (χ1) is 12.3. The van der Waals surface area contributed by atoms with Crippen LogP contribution in [0.15, 0.2) is 34.7 Å². The highest BCUT2D eigenvalue weighted by Gasteiger charge is 2.32. The van der Waals surface area contributed by atoms with E-state index in [1.807, 2.05) is 12.1 Å². The van der Waals surface area contributed by atoms with E-state index in [1.165, 1.54) is 4.31 Å². The number of piperidine rings is 1. The summed E-state index contributed by atoms with van der Waals surface area (Å²) in [7, 11) is -3.59. The third kappa shape index (κ3) is 3.40. The topological polar surface area (TPSA) is 89.8 Å². The van der Waals surface area contributed by atoms with Crippen molar-refractivity contribution in [3.05, 3.63) is 51.8 Å². The maximum absolute atomic E-state index is 12.9. The van der Waals surface area contributed by atoms with Crippen LogP contribution in [-0.2, 0) is 10.0 Å². The number of hydrogen-bond donors (Lipinski definition) is 1. The van der Waals surface area contributed by atoms with Crippen LogP contribution in [0, 0.1) is 25.2 Å². The van der Waals surface area contributed by atoms with Crippen molar-refractivity contribution in [3.63, 3.8) is 0 Å². The van der Waals surface area contributed by atoms with Gasteiger partial charge >= 0.3 is 0 Å². The van der Waals surface area contributed by atoms with Crippen molar-refractivity contribution in [3.8, 4) is 6.07 Å². The van der Waals surface area contributed by atoms with Crippen LogP contribution in [0.5, 0.6) is 0 Å². The van der Waals surface area contributed by atoms with Crippen LogP contribution in [0.3, 0.4) is 0 Å². The van der Waals surface area contributed by atoms with Gasteiger partial charge in [0.15, 0.2) is 0 Å². The summed E-state index contributed by atoms with van der Waals surface area (Å²) in [4.78, 5) is 0.253. The molecule has 0 bridgehead atoms. The van der Waals surface area contributed by atoms with Crippen LogP contribution < -0.4 is 0 Å². The molecule has 1 aromatic carbocycles. The van der Waals surface area contributed by atoms with Gasteiger partial charge in [-0.15, -0.1) is 0 Å². The number of nitrogens with zero attached hydrogens (tertiary/aromatic N) is 3. The minimum absolute atomic E-state index is 0.253. The molecular formula is C18H19ClN4O2S. The maximum atomic E-state index is 12.9. The number of rotatable bonds is 3. The standard InChI is InChI=1S/C18H19ClN4O2S/c1-12-18(13(2)22-21-12)26(24,25)23-9-7-15(8-10-23)17(11-20)14-3-5-16(19)6-4-14/h3-6H,7-10H2,1-2H3,(H,21,22). The molecule has 26 heavy (non-hydrogen) atoms.